The van der Waals surface area contributed by atoms with Crippen molar-refractivity contribution >= 4 is 28.9 Å². The van der Waals surface area contributed by atoms with E-state index in [0.29, 0.717) is 27.8 Å². The first-order valence-electron chi connectivity index (χ1n) is 8.54. The molecule has 1 aromatic heterocycles. The zero-order valence-corrected chi connectivity index (χ0v) is 16.7. The first-order valence-corrected chi connectivity index (χ1v) is 9.80. The summed E-state index contributed by atoms with van der Waals surface area (Å²) in [5.74, 6) is -4.23. The molecule has 29 heavy (non-hydrogen) atoms. The van der Waals surface area contributed by atoms with Crippen LogP contribution in [0.5, 0.6) is 5.75 Å². The highest BCUT2D eigenvalue weighted by Gasteiger charge is 2.16. The van der Waals surface area contributed by atoms with Gasteiger partial charge >= 0.3 is 5.97 Å². The van der Waals surface area contributed by atoms with Crippen LogP contribution in [0.3, 0.4) is 0 Å². The molecule has 2 aromatic carbocycles. The molecule has 9 heteroatoms. The van der Waals surface area contributed by atoms with E-state index in [0.717, 1.165) is 12.1 Å². The first kappa shape index (κ1) is 21.1. The molecule has 0 saturated heterocycles. The molecule has 152 valence electrons. The Morgan fingerprint density at radius 1 is 1.14 bits per heavy atom. The normalized spacial score (nSPS) is 10.8. The van der Waals surface area contributed by atoms with Gasteiger partial charge in [0.15, 0.2) is 23.1 Å². The SMILES string of the molecule is CCOC(=O)c1csc(Cc2cc(Cl)ccc2OCc2ccc(F)c(F)c2F)n1. The average molecular weight is 442 g/mol. The van der Waals surface area contributed by atoms with Gasteiger partial charge in [-0.15, -0.1) is 11.3 Å². The summed E-state index contributed by atoms with van der Waals surface area (Å²) in [6, 6.07) is 6.80. The second-order valence-corrected chi connectivity index (χ2v) is 7.28. The summed E-state index contributed by atoms with van der Waals surface area (Å²) in [7, 11) is 0. The lowest BCUT2D eigenvalue weighted by Gasteiger charge is -2.12. The second kappa shape index (κ2) is 9.28. The van der Waals surface area contributed by atoms with Crippen molar-refractivity contribution in [3.8, 4) is 5.75 Å². The smallest absolute Gasteiger partial charge is 0.357 e. The first-order chi connectivity index (χ1) is 13.9. The van der Waals surface area contributed by atoms with Gasteiger partial charge in [0.2, 0.25) is 0 Å². The molecule has 0 aliphatic rings. The Morgan fingerprint density at radius 2 is 1.93 bits per heavy atom. The molecule has 0 aliphatic carbocycles. The molecule has 0 saturated carbocycles. The number of hydrogen-bond donors (Lipinski definition) is 0. The lowest BCUT2D eigenvalue weighted by molar-refractivity contribution is 0.0520. The van der Waals surface area contributed by atoms with Crippen LogP contribution in [0.15, 0.2) is 35.7 Å². The van der Waals surface area contributed by atoms with Gasteiger partial charge in [-0.25, -0.2) is 22.9 Å². The number of aromatic nitrogens is 1. The molecule has 0 bridgehead atoms. The number of carbonyl (C=O) groups is 1. The van der Waals surface area contributed by atoms with Crippen molar-refractivity contribution in [1.82, 2.24) is 4.98 Å². The Labute approximate surface area is 173 Å². The van der Waals surface area contributed by atoms with E-state index >= 15 is 0 Å². The van der Waals surface area contributed by atoms with Crippen molar-refractivity contribution < 1.29 is 27.4 Å². The predicted octanol–water partition coefficient (Wildman–Crippen LogP) is 5.56. The van der Waals surface area contributed by atoms with E-state index in [1.165, 1.54) is 11.3 Å². The van der Waals surface area contributed by atoms with Gasteiger partial charge in [0.1, 0.15) is 12.4 Å². The summed E-state index contributed by atoms with van der Waals surface area (Å²) in [4.78, 5) is 16.0. The van der Waals surface area contributed by atoms with E-state index in [-0.39, 0.29) is 24.5 Å². The molecule has 4 nitrogen and oxygen atoms in total. The average Bonchev–Trinajstić information content (AvgIpc) is 3.16. The topological polar surface area (TPSA) is 48.4 Å². The molecule has 0 spiro atoms. The van der Waals surface area contributed by atoms with Gasteiger partial charge < -0.3 is 9.47 Å². The molecular weight excluding hydrogens is 427 g/mol. The maximum absolute atomic E-state index is 13.8. The summed E-state index contributed by atoms with van der Waals surface area (Å²) in [6.07, 6.45) is 0.306. The minimum absolute atomic E-state index is 0.122. The maximum Gasteiger partial charge on any atom is 0.357 e. The lowest BCUT2D eigenvalue weighted by atomic mass is 10.1. The molecule has 0 amide bonds. The molecule has 3 aromatic rings. The molecule has 0 unspecified atom stereocenters. The third-order valence-electron chi connectivity index (χ3n) is 3.90. The van der Waals surface area contributed by atoms with Gasteiger partial charge in [-0.1, -0.05) is 11.6 Å². The fraction of sp³-hybridized carbons (Fsp3) is 0.200. The van der Waals surface area contributed by atoms with Crippen LogP contribution in [0, 0.1) is 17.5 Å². The van der Waals surface area contributed by atoms with Gasteiger partial charge in [0, 0.05) is 28.0 Å². The zero-order valence-electron chi connectivity index (χ0n) is 15.2. The molecular formula is C20H15ClF3NO3S. The predicted molar refractivity (Wildman–Crippen MR) is 103 cm³/mol. The van der Waals surface area contributed by atoms with E-state index in [1.807, 2.05) is 0 Å². The van der Waals surface area contributed by atoms with E-state index in [4.69, 9.17) is 21.1 Å². The largest absolute Gasteiger partial charge is 0.488 e. The third-order valence-corrected chi connectivity index (χ3v) is 4.98. The van der Waals surface area contributed by atoms with Gasteiger partial charge in [-0.05, 0) is 37.3 Å². The second-order valence-electron chi connectivity index (χ2n) is 5.90. The van der Waals surface area contributed by atoms with Crippen LogP contribution in [0.4, 0.5) is 13.2 Å². The number of ether oxygens (including phenoxy) is 2. The van der Waals surface area contributed by atoms with Crippen LogP contribution >= 0.6 is 22.9 Å². The van der Waals surface area contributed by atoms with E-state index in [9.17, 15) is 18.0 Å². The molecule has 0 radical (unpaired) electrons. The van der Waals surface area contributed by atoms with Crippen molar-refractivity contribution in [3.05, 3.63) is 80.0 Å². The lowest BCUT2D eigenvalue weighted by Crippen LogP contribution is -2.05. The maximum atomic E-state index is 13.8. The minimum atomic E-state index is -1.54. The summed E-state index contributed by atoms with van der Waals surface area (Å²) in [5.41, 5.74) is 0.731. The highest BCUT2D eigenvalue weighted by atomic mass is 35.5. The fourth-order valence-electron chi connectivity index (χ4n) is 2.51. The Hall–Kier alpha value is -2.58. The van der Waals surface area contributed by atoms with E-state index in [2.05, 4.69) is 4.98 Å². The summed E-state index contributed by atoms with van der Waals surface area (Å²) in [5, 5.41) is 2.67. The standard InChI is InChI=1S/C20H15ClF3NO3S/c1-2-27-20(26)15-10-29-17(25-15)8-12-7-13(21)4-6-16(12)28-9-11-3-5-14(22)19(24)18(11)23/h3-7,10H,2,8-9H2,1H3. The highest BCUT2D eigenvalue weighted by Crippen LogP contribution is 2.28. The van der Waals surface area contributed by atoms with E-state index < -0.39 is 23.4 Å². The number of nitrogens with zero attached hydrogens (tertiary/aromatic N) is 1. The van der Waals surface area contributed by atoms with Crippen LogP contribution in [-0.2, 0) is 17.8 Å². The van der Waals surface area contributed by atoms with Gasteiger partial charge in [-0.2, -0.15) is 0 Å². The Balaban J connectivity index is 1.78. The fourth-order valence-corrected chi connectivity index (χ4v) is 3.49. The number of thiazole rings is 1. The zero-order chi connectivity index (χ0) is 21.0. The third kappa shape index (κ3) is 5.07. The summed E-state index contributed by atoms with van der Waals surface area (Å²) in [6.45, 7) is 1.65. The van der Waals surface area contributed by atoms with Gasteiger partial charge in [0.05, 0.1) is 11.6 Å². The number of rotatable bonds is 7. The molecule has 0 N–H and O–H groups in total. The van der Waals surface area contributed by atoms with Crippen molar-refractivity contribution in [2.45, 2.75) is 20.0 Å². The number of esters is 1. The van der Waals surface area contributed by atoms with Crippen molar-refractivity contribution in [3.63, 3.8) is 0 Å². The van der Waals surface area contributed by atoms with Crippen LogP contribution in [0.2, 0.25) is 5.02 Å². The summed E-state index contributed by atoms with van der Waals surface area (Å²) >= 11 is 7.33. The van der Waals surface area contributed by atoms with Gasteiger partial charge in [-0.3, -0.25) is 0 Å². The number of hydrogen-bond acceptors (Lipinski definition) is 5. The minimum Gasteiger partial charge on any atom is -0.488 e. The van der Waals surface area contributed by atoms with Crippen molar-refractivity contribution in [1.29, 1.82) is 0 Å². The van der Waals surface area contributed by atoms with Crippen LogP contribution in [0.1, 0.15) is 33.5 Å². The molecule has 0 atom stereocenters. The van der Waals surface area contributed by atoms with Crippen molar-refractivity contribution in [2.24, 2.45) is 0 Å². The quantitative estimate of drug-likeness (QED) is 0.356. The van der Waals surface area contributed by atoms with Crippen LogP contribution in [-0.4, -0.2) is 17.6 Å². The summed E-state index contributed by atoms with van der Waals surface area (Å²) < 4.78 is 50.8. The number of halogens is 4. The Kier molecular flexibility index (Phi) is 6.76. The van der Waals surface area contributed by atoms with Crippen LogP contribution in [0.25, 0.3) is 0 Å². The number of carbonyl (C=O) groups excluding carboxylic acids is 1. The molecule has 1 heterocycles. The Bertz CT molecular complexity index is 1040. The molecule has 0 fully saturated rings. The van der Waals surface area contributed by atoms with Crippen molar-refractivity contribution in [2.75, 3.05) is 6.61 Å². The highest BCUT2D eigenvalue weighted by molar-refractivity contribution is 7.09. The molecule has 0 aliphatic heterocycles. The van der Waals surface area contributed by atoms with Crippen LogP contribution < -0.4 is 4.74 Å². The molecule has 3 rings (SSSR count). The number of benzene rings is 2. The van der Waals surface area contributed by atoms with E-state index in [1.54, 1.807) is 30.5 Å². The Morgan fingerprint density at radius 3 is 2.69 bits per heavy atom. The monoisotopic (exact) mass is 441 g/mol. The van der Waals surface area contributed by atoms with Gasteiger partial charge in [0.25, 0.3) is 0 Å².